The lowest BCUT2D eigenvalue weighted by molar-refractivity contribution is -0.137. The zero-order valence-electron chi connectivity index (χ0n) is 7.88. The standard InChI is InChI=1S/C10H6F3NO2/c11-10(12,13)7-2-1-6(3-4-14)8(5-7)9(15)16/h1-2,5H,3H2,(H,15,16). The van der Waals surface area contributed by atoms with Crippen LogP contribution in [0.4, 0.5) is 13.2 Å². The monoisotopic (exact) mass is 229 g/mol. The lowest BCUT2D eigenvalue weighted by atomic mass is 10.0. The molecule has 84 valence electrons. The Kier molecular flexibility index (Phi) is 3.18. The average molecular weight is 229 g/mol. The van der Waals surface area contributed by atoms with Crippen LogP contribution < -0.4 is 0 Å². The summed E-state index contributed by atoms with van der Waals surface area (Å²) in [6, 6.07) is 4.00. The maximum atomic E-state index is 12.3. The molecule has 1 aromatic rings. The largest absolute Gasteiger partial charge is 0.478 e. The van der Waals surface area contributed by atoms with Gasteiger partial charge in [0.25, 0.3) is 0 Å². The Morgan fingerprint density at radius 1 is 1.44 bits per heavy atom. The normalized spacial score (nSPS) is 10.9. The first kappa shape index (κ1) is 12.0. The number of benzene rings is 1. The zero-order chi connectivity index (χ0) is 12.3. The average Bonchev–Trinajstić information content (AvgIpc) is 2.16. The fourth-order valence-corrected chi connectivity index (χ4v) is 1.19. The van der Waals surface area contributed by atoms with Gasteiger partial charge in [0.1, 0.15) is 0 Å². The van der Waals surface area contributed by atoms with E-state index in [-0.39, 0.29) is 12.0 Å². The van der Waals surface area contributed by atoms with E-state index in [9.17, 15) is 18.0 Å². The van der Waals surface area contributed by atoms with Crippen molar-refractivity contribution >= 4 is 5.97 Å². The van der Waals surface area contributed by atoms with Crippen LogP contribution in [-0.2, 0) is 12.6 Å². The summed E-state index contributed by atoms with van der Waals surface area (Å²) in [5, 5.41) is 17.1. The third kappa shape index (κ3) is 2.51. The highest BCUT2D eigenvalue weighted by molar-refractivity contribution is 5.89. The number of carbonyl (C=O) groups is 1. The highest BCUT2D eigenvalue weighted by Crippen LogP contribution is 2.30. The fourth-order valence-electron chi connectivity index (χ4n) is 1.19. The van der Waals surface area contributed by atoms with Gasteiger partial charge < -0.3 is 5.11 Å². The summed E-state index contributed by atoms with van der Waals surface area (Å²) in [7, 11) is 0. The highest BCUT2D eigenvalue weighted by atomic mass is 19.4. The van der Waals surface area contributed by atoms with Crippen molar-refractivity contribution < 1.29 is 23.1 Å². The maximum Gasteiger partial charge on any atom is 0.416 e. The van der Waals surface area contributed by atoms with Gasteiger partial charge in [-0.1, -0.05) is 6.07 Å². The maximum absolute atomic E-state index is 12.3. The van der Waals surface area contributed by atoms with Crippen molar-refractivity contribution in [3.63, 3.8) is 0 Å². The molecule has 0 spiro atoms. The molecule has 0 fully saturated rings. The molecule has 0 atom stereocenters. The number of alkyl halides is 3. The van der Waals surface area contributed by atoms with Gasteiger partial charge in [-0.15, -0.1) is 0 Å². The molecule has 0 aliphatic heterocycles. The van der Waals surface area contributed by atoms with E-state index in [0.717, 1.165) is 12.1 Å². The Balaban J connectivity index is 3.29. The van der Waals surface area contributed by atoms with E-state index in [1.807, 2.05) is 0 Å². The number of aromatic carboxylic acids is 1. The van der Waals surface area contributed by atoms with Crippen LogP contribution in [0.25, 0.3) is 0 Å². The molecule has 0 saturated heterocycles. The molecule has 1 aromatic carbocycles. The smallest absolute Gasteiger partial charge is 0.416 e. The summed E-state index contributed by atoms with van der Waals surface area (Å²) in [5.41, 5.74) is -1.45. The van der Waals surface area contributed by atoms with Gasteiger partial charge in [0.15, 0.2) is 0 Å². The topological polar surface area (TPSA) is 61.1 Å². The SMILES string of the molecule is N#CCc1ccc(C(F)(F)F)cc1C(=O)O. The number of hydrogen-bond donors (Lipinski definition) is 1. The summed E-state index contributed by atoms with van der Waals surface area (Å²) in [5.74, 6) is -1.48. The highest BCUT2D eigenvalue weighted by Gasteiger charge is 2.31. The number of nitriles is 1. The summed E-state index contributed by atoms with van der Waals surface area (Å²) in [4.78, 5) is 10.7. The molecule has 0 aromatic heterocycles. The predicted molar refractivity (Wildman–Crippen MR) is 47.7 cm³/mol. The van der Waals surface area contributed by atoms with Gasteiger partial charge >= 0.3 is 12.1 Å². The molecule has 1 rings (SSSR count). The Hall–Kier alpha value is -2.03. The quantitative estimate of drug-likeness (QED) is 0.847. The number of nitrogens with zero attached hydrogens (tertiary/aromatic N) is 1. The van der Waals surface area contributed by atoms with E-state index >= 15 is 0 Å². The Morgan fingerprint density at radius 2 is 2.06 bits per heavy atom. The number of carboxylic acid groups (broad SMARTS) is 1. The summed E-state index contributed by atoms with van der Waals surface area (Å²) >= 11 is 0. The Bertz CT molecular complexity index is 460. The Labute approximate surface area is 88.7 Å². The molecule has 0 saturated carbocycles. The first-order valence-electron chi connectivity index (χ1n) is 4.16. The number of hydrogen-bond acceptors (Lipinski definition) is 2. The molecule has 1 N–H and O–H groups in total. The molecule has 3 nitrogen and oxygen atoms in total. The van der Waals surface area contributed by atoms with Crippen LogP contribution in [0.3, 0.4) is 0 Å². The van der Waals surface area contributed by atoms with Gasteiger partial charge in [-0.05, 0) is 17.7 Å². The second kappa shape index (κ2) is 4.23. The molecule has 0 radical (unpaired) electrons. The van der Waals surface area contributed by atoms with Crippen LogP contribution in [-0.4, -0.2) is 11.1 Å². The van der Waals surface area contributed by atoms with Crippen molar-refractivity contribution in [1.82, 2.24) is 0 Å². The Morgan fingerprint density at radius 3 is 2.50 bits per heavy atom. The number of carboxylic acids is 1. The van der Waals surface area contributed by atoms with E-state index in [0.29, 0.717) is 6.07 Å². The van der Waals surface area contributed by atoms with Crippen molar-refractivity contribution in [2.45, 2.75) is 12.6 Å². The minimum atomic E-state index is -4.59. The van der Waals surface area contributed by atoms with Crippen LogP contribution in [0.15, 0.2) is 18.2 Å². The molecule has 0 amide bonds. The molecule has 16 heavy (non-hydrogen) atoms. The number of rotatable bonds is 2. The summed E-state index contributed by atoms with van der Waals surface area (Å²) < 4.78 is 36.9. The van der Waals surface area contributed by atoms with Crippen molar-refractivity contribution in [2.24, 2.45) is 0 Å². The van der Waals surface area contributed by atoms with Gasteiger partial charge in [-0.2, -0.15) is 18.4 Å². The van der Waals surface area contributed by atoms with E-state index in [4.69, 9.17) is 10.4 Å². The van der Waals surface area contributed by atoms with Crippen LogP contribution in [0.5, 0.6) is 0 Å². The molecular weight excluding hydrogens is 223 g/mol. The summed E-state index contributed by atoms with van der Waals surface area (Å²) in [6.45, 7) is 0. The molecule has 0 unspecified atom stereocenters. The van der Waals surface area contributed by atoms with Crippen molar-refractivity contribution in [1.29, 1.82) is 5.26 Å². The van der Waals surface area contributed by atoms with E-state index in [1.54, 1.807) is 6.07 Å². The zero-order valence-corrected chi connectivity index (χ0v) is 7.88. The molecule has 0 aliphatic rings. The second-order valence-electron chi connectivity index (χ2n) is 3.01. The van der Waals surface area contributed by atoms with Crippen LogP contribution in [0.1, 0.15) is 21.5 Å². The molecule has 0 heterocycles. The minimum absolute atomic E-state index is 0.0722. The minimum Gasteiger partial charge on any atom is -0.478 e. The predicted octanol–water partition coefficient (Wildman–Crippen LogP) is 2.47. The van der Waals surface area contributed by atoms with Crippen LogP contribution >= 0.6 is 0 Å². The van der Waals surface area contributed by atoms with Crippen molar-refractivity contribution in [3.8, 4) is 6.07 Å². The molecule has 6 heteroatoms. The lowest BCUT2D eigenvalue weighted by Crippen LogP contribution is -2.09. The molecule has 0 aliphatic carbocycles. The van der Waals surface area contributed by atoms with Gasteiger partial charge in [0, 0.05) is 0 Å². The van der Waals surface area contributed by atoms with Gasteiger partial charge in [-0.25, -0.2) is 4.79 Å². The van der Waals surface area contributed by atoms with E-state index < -0.39 is 23.3 Å². The van der Waals surface area contributed by atoms with Gasteiger partial charge in [-0.3, -0.25) is 0 Å². The van der Waals surface area contributed by atoms with Crippen LogP contribution in [0.2, 0.25) is 0 Å². The lowest BCUT2D eigenvalue weighted by Gasteiger charge is -2.09. The van der Waals surface area contributed by atoms with Crippen molar-refractivity contribution in [3.05, 3.63) is 34.9 Å². The van der Waals surface area contributed by atoms with Crippen molar-refractivity contribution in [2.75, 3.05) is 0 Å². The fraction of sp³-hybridized carbons (Fsp3) is 0.200. The summed E-state index contributed by atoms with van der Waals surface area (Å²) in [6.07, 6.45) is -4.82. The second-order valence-corrected chi connectivity index (χ2v) is 3.01. The first-order chi connectivity index (χ1) is 7.36. The third-order valence-electron chi connectivity index (χ3n) is 1.94. The van der Waals surface area contributed by atoms with Gasteiger partial charge in [0.05, 0.1) is 23.6 Å². The van der Waals surface area contributed by atoms with E-state index in [1.165, 1.54) is 0 Å². The van der Waals surface area contributed by atoms with Crippen LogP contribution in [0, 0.1) is 11.3 Å². The number of halogens is 3. The third-order valence-corrected chi connectivity index (χ3v) is 1.94. The molecular formula is C10H6F3NO2. The first-order valence-corrected chi connectivity index (χ1v) is 4.16. The van der Waals surface area contributed by atoms with E-state index in [2.05, 4.69) is 0 Å². The molecule has 0 bridgehead atoms. The van der Waals surface area contributed by atoms with Gasteiger partial charge in [0.2, 0.25) is 0 Å².